The van der Waals surface area contributed by atoms with Crippen LogP contribution in [0.1, 0.15) is 60.5 Å². The summed E-state index contributed by atoms with van der Waals surface area (Å²) in [6.07, 6.45) is 11.6. The van der Waals surface area contributed by atoms with Crippen LogP contribution in [0, 0.1) is 31.6 Å². The van der Waals surface area contributed by atoms with Crippen molar-refractivity contribution in [1.29, 1.82) is 0 Å². The van der Waals surface area contributed by atoms with Gasteiger partial charge in [0.25, 0.3) is 0 Å². The zero-order valence-electron chi connectivity index (χ0n) is 25.5. The molecule has 1 saturated carbocycles. The molecule has 2 aromatic heterocycles. The van der Waals surface area contributed by atoms with Crippen molar-refractivity contribution in [2.24, 2.45) is 5.41 Å². The number of hydrogen-bond donors (Lipinski definition) is 1. The van der Waals surface area contributed by atoms with Crippen LogP contribution in [0.4, 0.5) is 0 Å². The highest BCUT2D eigenvalue weighted by Crippen LogP contribution is 2.59. The van der Waals surface area contributed by atoms with E-state index in [0.29, 0.717) is 36.2 Å². The Bertz CT molecular complexity index is 1810. The molecule has 2 amide bonds. The van der Waals surface area contributed by atoms with Crippen LogP contribution in [0.15, 0.2) is 54.9 Å². The number of fused-ring (bicyclic) bond motifs is 2. The minimum Gasteiger partial charge on any atom is -0.350 e. The van der Waals surface area contributed by atoms with Crippen LogP contribution in [0.25, 0.3) is 22.0 Å². The van der Waals surface area contributed by atoms with Crippen molar-refractivity contribution in [2.75, 3.05) is 0 Å². The fourth-order valence-corrected chi connectivity index (χ4v) is 6.69. The molecule has 1 N–H and O–H groups in total. The van der Waals surface area contributed by atoms with E-state index in [-0.39, 0.29) is 41.6 Å². The quantitative estimate of drug-likeness (QED) is 0.229. The molecule has 3 heterocycles. The van der Waals surface area contributed by atoms with E-state index >= 15 is 0 Å². The maximum atomic E-state index is 14.0. The number of rotatable bonds is 9. The Morgan fingerprint density at radius 3 is 2.50 bits per heavy atom. The first-order valence-corrected chi connectivity index (χ1v) is 15.0. The van der Waals surface area contributed by atoms with Gasteiger partial charge >= 0.3 is 0 Å². The summed E-state index contributed by atoms with van der Waals surface area (Å²) in [5, 5.41) is 8.44. The number of hydrogen-bond acceptors (Lipinski definition) is 6. The number of carbonyl (C=O) groups is 3. The Morgan fingerprint density at radius 2 is 1.82 bits per heavy atom. The molecule has 0 spiro atoms. The molecule has 0 bridgehead atoms. The molecule has 1 unspecified atom stereocenters. The second-order valence-electron chi connectivity index (χ2n) is 12.5. The van der Waals surface area contributed by atoms with Crippen LogP contribution in [0.2, 0.25) is 0 Å². The van der Waals surface area contributed by atoms with Gasteiger partial charge in [0, 0.05) is 48.8 Å². The SMILES string of the molecule is C#CCC(Cc1ccccc1)NC(=O)[C@@H]1C[C@@]2(C)C[C@H]2N1C(=O)Cn1nc(C(C)=O)c2cc(-c3cnc(C)nc3)cc(C)c21. The van der Waals surface area contributed by atoms with Gasteiger partial charge in [-0.1, -0.05) is 37.3 Å². The van der Waals surface area contributed by atoms with Gasteiger partial charge in [-0.2, -0.15) is 5.10 Å². The van der Waals surface area contributed by atoms with Crippen LogP contribution in [-0.2, 0) is 22.6 Å². The lowest BCUT2D eigenvalue weighted by atomic mass is 9.99. The molecule has 1 aliphatic heterocycles. The van der Waals surface area contributed by atoms with E-state index in [1.165, 1.54) is 6.92 Å². The minimum absolute atomic E-state index is 0.00528. The Labute approximate surface area is 257 Å². The van der Waals surface area contributed by atoms with Gasteiger partial charge < -0.3 is 10.2 Å². The van der Waals surface area contributed by atoms with Gasteiger partial charge in [-0.25, -0.2) is 9.97 Å². The number of benzene rings is 2. The number of nitrogens with one attached hydrogen (secondary N) is 1. The summed E-state index contributed by atoms with van der Waals surface area (Å²) < 4.78 is 1.61. The zero-order valence-corrected chi connectivity index (χ0v) is 25.5. The Morgan fingerprint density at radius 1 is 1.09 bits per heavy atom. The summed E-state index contributed by atoms with van der Waals surface area (Å²) in [5.74, 6) is 2.79. The Hall–Kier alpha value is -4.84. The normalized spacial score (nSPS) is 21.0. The first-order valence-electron chi connectivity index (χ1n) is 15.0. The lowest BCUT2D eigenvalue weighted by Gasteiger charge is -2.28. The van der Waals surface area contributed by atoms with E-state index in [1.54, 1.807) is 22.0 Å². The molecule has 2 aliphatic rings. The predicted molar refractivity (Wildman–Crippen MR) is 168 cm³/mol. The van der Waals surface area contributed by atoms with E-state index in [1.807, 2.05) is 56.3 Å². The number of Topliss-reactive ketones (excluding diaryl/α,β-unsaturated/α-hetero) is 1. The van der Waals surface area contributed by atoms with Gasteiger partial charge in [0.2, 0.25) is 11.8 Å². The number of carbonyl (C=O) groups excluding carboxylic acids is 3. The van der Waals surface area contributed by atoms with Crippen LogP contribution in [0.3, 0.4) is 0 Å². The number of likely N-dealkylation sites (tertiary alicyclic amines) is 1. The van der Waals surface area contributed by atoms with Gasteiger partial charge in [-0.05, 0) is 67.3 Å². The third-order valence-electron chi connectivity index (χ3n) is 9.03. The fraction of sp³-hybridized carbons (Fsp3) is 0.371. The highest BCUT2D eigenvalue weighted by Gasteiger charge is 2.64. The monoisotopic (exact) mass is 588 g/mol. The third-order valence-corrected chi connectivity index (χ3v) is 9.03. The van der Waals surface area contributed by atoms with Crippen molar-refractivity contribution < 1.29 is 14.4 Å². The molecule has 9 heteroatoms. The Balaban J connectivity index is 1.27. The zero-order chi connectivity index (χ0) is 31.2. The van der Waals surface area contributed by atoms with E-state index < -0.39 is 6.04 Å². The maximum absolute atomic E-state index is 14.0. The van der Waals surface area contributed by atoms with Gasteiger partial charge in [-0.15, -0.1) is 12.3 Å². The van der Waals surface area contributed by atoms with Crippen LogP contribution in [-0.4, -0.2) is 60.4 Å². The first-order chi connectivity index (χ1) is 21.1. The smallest absolute Gasteiger partial charge is 0.245 e. The Kier molecular flexibility index (Phi) is 7.54. The minimum atomic E-state index is -0.592. The van der Waals surface area contributed by atoms with Gasteiger partial charge in [-0.3, -0.25) is 19.1 Å². The van der Waals surface area contributed by atoms with Crippen molar-refractivity contribution >= 4 is 28.5 Å². The standard InChI is InChI=1S/C35H36N6O3/c1-6-10-27(14-24-11-8-7-9-12-24)38-34(44)29-16-35(5)17-30(35)41(29)31(43)20-40-33-21(2)13-25(26-18-36-23(4)37-19-26)15-28(33)32(39-40)22(3)42/h1,7-9,11-13,15,18-19,27,29-30H,10,14,16-17,20H2,2-5H3,(H,38,44)/t27?,29-,30+,35-/m0/s1. The molecule has 44 heavy (non-hydrogen) atoms. The largest absolute Gasteiger partial charge is 0.350 e. The number of aryl methyl sites for hydroxylation is 2. The topological polar surface area (TPSA) is 110 Å². The number of nitrogens with zero attached hydrogens (tertiary/aromatic N) is 5. The second kappa shape index (κ2) is 11.3. The molecular formula is C35H36N6O3. The molecule has 224 valence electrons. The third kappa shape index (κ3) is 5.48. The van der Waals surface area contributed by atoms with E-state index in [4.69, 9.17) is 6.42 Å². The number of ketones is 1. The van der Waals surface area contributed by atoms with Crippen molar-refractivity contribution in [3.63, 3.8) is 0 Å². The predicted octanol–water partition coefficient (Wildman–Crippen LogP) is 4.44. The molecule has 1 saturated heterocycles. The van der Waals surface area contributed by atoms with Crippen molar-refractivity contribution in [3.8, 4) is 23.5 Å². The molecule has 6 rings (SSSR count). The molecule has 2 aromatic carbocycles. The van der Waals surface area contributed by atoms with Gasteiger partial charge in [0.1, 0.15) is 24.1 Å². The van der Waals surface area contributed by atoms with Gasteiger partial charge in [0.15, 0.2) is 5.78 Å². The van der Waals surface area contributed by atoms with Crippen molar-refractivity contribution in [1.82, 2.24) is 30.0 Å². The van der Waals surface area contributed by atoms with Gasteiger partial charge in [0.05, 0.1) is 5.52 Å². The lowest BCUT2D eigenvalue weighted by molar-refractivity contribution is -0.140. The van der Waals surface area contributed by atoms with Crippen LogP contribution in [0.5, 0.6) is 0 Å². The first kappa shape index (κ1) is 29.2. The van der Waals surface area contributed by atoms with Crippen molar-refractivity contribution in [2.45, 2.75) is 78.0 Å². The van der Waals surface area contributed by atoms with E-state index in [2.05, 4.69) is 33.2 Å². The van der Waals surface area contributed by atoms with Crippen LogP contribution < -0.4 is 5.32 Å². The summed E-state index contributed by atoms with van der Waals surface area (Å²) in [6, 6.07) is 13.0. The average molecular weight is 589 g/mol. The summed E-state index contributed by atoms with van der Waals surface area (Å²) >= 11 is 0. The summed E-state index contributed by atoms with van der Waals surface area (Å²) in [4.78, 5) is 50.8. The summed E-state index contributed by atoms with van der Waals surface area (Å²) in [7, 11) is 0. The highest BCUT2D eigenvalue weighted by molar-refractivity contribution is 6.07. The highest BCUT2D eigenvalue weighted by atomic mass is 16.2. The molecule has 0 radical (unpaired) electrons. The van der Waals surface area contributed by atoms with Crippen molar-refractivity contribution in [3.05, 3.63) is 77.5 Å². The number of piperidine rings is 1. The summed E-state index contributed by atoms with van der Waals surface area (Å²) in [6.45, 7) is 7.29. The van der Waals surface area contributed by atoms with Crippen LogP contribution >= 0.6 is 0 Å². The molecular weight excluding hydrogens is 552 g/mol. The molecule has 4 atom stereocenters. The number of amides is 2. The fourth-order valence-electron chi connectivity index (χ4n) is 6.69. The van der Waals surface area contributed by atoms with E-state index in [9.17, 15) is 14.4 Å². The lowest BCUT2D eigenvalue weighted by Crippen LogP contribution is -2.51. The summed E-state index contributed by atoms with van der Waals surface area (Å²) in [5.41, 5.74) is 4.58. The molecule has 2 fully saturated rings. The number of terminal acetylenes is 1. The number of aromatic nitrogens is 4. The molecule has 1 aliphatic carbocycles. The molecule has 9 nitrogen and oxygen atoms in total. The maximum Gasteiger partial charge on any atom is 0.245 e. The second-order valence-corrected chi connectivity index (χ2v) is 12.5. The average Bonchev–Trinajstić information content (AvgIpc) is 3.34. The van der Waals surface area contributed by atoms with E-state index in [0.717, 1.165) is 34.2 Å². The molecule has 4 aromatic rings.